The van der Waals surface area contributed by atoms with Gasteiger partial charge in [-0.15, -0.1) is 0 Å². The largest absolute Gasteiger partial charge is 0.381 e. The summed E-state index contributed by atoms with van der Waals surface area (Å²) in [5.41, 5.74) is 2.72. The molecule has 0 aromatic heterocycles. The molecule has 0 fully saturated rings. The molecule has 2 aromatic carbocycles. The second-order valence-electron chi connectivity index (χ2n) is 7.97. The third kappa shape index (κ3) is 4.75. The number of hydrogen-bond acceptors (Lipinski definition) is 4. The van der Waals surface area contributed by atoms with E-state index in [2.05, 4.69) is 30.6 Å². The highest BCUT2D eigenvalue weighted by atomic mass is 19.1. The first kappa shape index (κ1) is 20.8. The summed E-state index contributed by atoms with van der Waals surface area (Å²) >= 11 is 0. The molecule has 152 valence electrons. The lowest BCUT2D eigenvalue weighted by molar-refractivity contribution is 0.0387. The van der Waals surface area contributed by atoms with Crippen LogP contribution in [0, 0.1) is 22.6 Å². The van der Waals surface area contributed by atoms with Gasteiger partial charge in [-0.25, -0.2) is 4.39 Å². The first-order valence-corrected chi connectivity index (χ1v) is 9.80. The first-order chi connectivity index (χ1) is 13.8. The van der Waals surface area contributed by atoms with E-state index >= 15 is 0 Å². The van der Waals surface area contributed by atoms with Crippen LogP contribution in [0.25, 0.3) is 0 Å². The number of benzene rings is 2. The second kappa shape index (κ2) is 8.62. The number of fused-ring (bicyclic) bond motifs is 1. The van der Waals surface area contributed by atoms with Crippen molar-refractivity contribution in [3.8, 4) is 6.07 Å². The van der Waals surface area contributed by atoms with Crippen molar-refractivity contribution in [2.24, 2.45) is 5.41 Å². The van der Waals surface area contributed by atoms with E-state index in [0.29, 0.717) is 24.3 Å². The molecule has 0 saturated carbocycles. The van der Waals surface area contributed by atoms with Crippen LogP contribution in [-0.4, -0.2) is 25.1 Å². The lowest BCUT2D eigenvalue weighted by atomic mass is 9.77. The molecule has 5 nitrogen and oxygen atoms in total. The molecule has 29 heavy (non-hydrogen) atoms. The summed E-state index contributed by atoms with van der Waals surface area (Å²) in [4.78, 5) is 12.4. The molecule has 2 atom stereocenters. The molecule has 0 saturated heterocycles. The second-order valence-corrected chi connectivity index (χ2v) is 7.97. The summed E-state index contributed by atoms with van der Waals surface area (Å²) in [6.45, 7) is 7.17. The molecular weight excluding hydrogens is 369 g/mol. The van der Waals surface area contributed by atoms with Crippen molar-refractivity contribution < 1.29 is 13.9 Å². The Balaban J connectivity index is 1.73. The minimum absolute atomic E-state index is 0.0630. The smallest absolute Gasteiger partial charge is 0.251 e. The molecule has 0 bridgehead atoms. The molecule has 1 aliphatic rings. The van der Waals surface area contributed by atoms with Gasteiger partial charge in [-0.3, -0.25) is 4.79 Å². The molecule has 2 aromatic rings. The van der Waals surface area contributed by atoms with Crippen LogP contribution >= 0.6 is 0 Å². The van der Waals surface area contributed by atoms with Gasteiger partial charge in [0.25, 0.3) is 5.91 Å². The Morgan fingerprint density at radius 1 is 1.31 bits per heavy atom. The predicted molar refractivity (Wildman–Crippen MR) is 110 cm³/mol. The Labute approximate surface area is 170 Å². The van der Waals surface area contributed by atoms with E-state index in [-0.39, 0.29) is 29.3 Å². The number of rotatable bonds is 6. The number of halogens is 1. The maximum atomic E-state index is 13.1. The molecule has 0 spiro atoms. The number of hydrogen-bond donors (Lipinski definition) is 2. The Morgan fingerprint density at radius 3 is 2.69 bits per heavy atom. The zero-order valence-electron chi connectivity index (χ0n) is 17.0. The third-order valence-corrected chi connectivity index (χ3v) is 5.43. The molecule has 2 unspecified atom stereocenters. The van der Waals surface area contributed by atoms with Gasteiger partial charge in [0.2, 0.25) is 0 Å². The molecule has 3 rings (SSSR count). The summed E-state index contributed by atoms with van der Waals surface area (Å²) in [6, 6.07) is 13.3. The fourth-order valence-corrected chi connectivity index (χ4v) is 3.63. The van der Waals surface area contributed by atoms with Gasteiger partial charge in [0.1, 0.15) is 5.82 Å². The van der Waals surface area contributed by atoms with Gasteiger partial charge in [-0.1, -0.05) is 13.8 Å². The highest BCUT2D eigenvalue weighted by Crippen LogP contribution is 2.40. The van der Waals surface area contributed by atoms with E-state index in [1.807, 2.05) is 19.1 Å². The molecule has 6 heteroatoms. The highest BCUT2D eigenvalue weighted by molar-refractivity contribution is 5.94. The Morgan fingerprint density at radius 2 is 2.03 bits per heavy atom. The lowest BCUT2D eigenvalue weighted by Gasteiger charge is -2.42. The summed E-state index contributed by atoms with van der Waals surface area (Å²) in [7, 11) is 0. The number of nitriles is 1. The molecule has 0 radical (unpaired) electrons. The summed E-state index contributed by atoms with van der Waals surface area (Å²) < 4.78 is 19.0. The number of carbonyl (C=O) groups excluding carboxylic acids is 1. The predicted octanol–water partition coefficient (Wildman–Crippen LogP) is 4.42. The molecular formula is C23H26FN3O2. The van der Waals surface area contributed by atoms with Crippen LogP contribution in [0.1, 0.15) is 54.8 Å². The van der Waals surface area contributed by atoms with Crippen LogP contribution in [-0.2, 0) is 4.74 Å². The van der Waals surface area contributed by atoms with Crippen LogP contribution in [0.4, 0.5) is 10.1 Å². The average molecular weight is 395 g/mol. The fourth-order valence-electron chi connectivity index (χ4n) is 3.63. The minimum atomic E-state index is -0.367. The molecule has 2 N–H and O–H groups in total. The molecule has 1 heterocycles. The van der Waals surface area contributed by atoms with Gasteiger partial charge >= 0.3 is 0 Å². The first-order valence-electron chi connectivity index (χ1n) is 9.80. The van der Waals surface area contributed by atoms with Crippen LogP contribution in [0.5, 0.6) is 0 Å². The quantitative estimate of drug-likeness (QED) is 0.760. The number of anilines is 1. The monoisotopic (exact) mass is 395 g/mol. The van der Waals surface area contributed by atoms with Crippen molar-refractivity contribution in [3.05, 3.63) is 65.0 Å². The number of nitrogens with zero attached hydrogens (tertiary/aromatic N) is 1. The van der Waals surface area contributed by atoms with Crippen molar-refractivity contribution in [2.75, 3.05) is 18.5 Å². The van der Waals surface area contributed by atoms with Crippen LogP contribution in [0.15, 0.2) is 42.5 Å². The normalized spacial score (nSPS) is 18.3. The highest BCUT2D eigenvalue weighted by Gasteiger charge is 2.37. The van der Waals surface area contributed by atoms with E-state index in [1.54, 1.807) is 6.07 Å². The van der Waals surface area contributed by atoms with E-state index < -0.39 is 0 Å². The SMILES string of the molecule is CCOC1CC(C(C)(C)CNC(=O)c2ccc(F)cc2)Nc2ccc(C#N)cc21. The summed E-state index contributed by atoms with van der Waals surface area (Å²) in [6.07, 6.45) is 0.622. The standard InChI is InChI=1S/C23H26FN3O2/c1-4-29-20-12-21(27-19-10-5-15(13-25)11-18(19)20)23(2,3)14-26-22(28)16-6-8-17(24)9-7-16/h5-11,20-21,27H,4,12,14H2,1-3H3,(H,26,28). The van der Waals surface area contributed by atoms with E-state index in [4.69, 9.17) is 4.74 Å². The number of carbonyl (C=O) groups is 1. The summed E-state index contributed by atoms with van der Waals surface area (Å²) in [5.74, 6) is -0.595. The maximum Gasteiger partial charge on any atom is 0.251 e. The van der Waals surface area contributed by atoms with Gasteiger partial charge in [0.05, 0.1) is 17.7 Å². The number of amides is 1. The zero-order valence-corrected chi connectivity index (χ0v) is 17.0. The molecule has 1 aliphatic heterocycles. The van der Waals surface area contributed by atoms with E-state index in [0.717, 1.165) is 17.7 Å². The Hall–Kier alpha value is -2.91. The van der Waals surface area contributed by atoms with Crippen molar-refractivity contribution >= 4 is 11.6 Å². The van der Waals surface area contributed by atoms with Gasteiger partial charge in [0, 0.05) is 41.4 Å². The van der Waals surface area contributed by atoms with Gasteiger partial charge in [0.15, 0.2) is 0 Å². The van der Waals surface area contributed by atoms with Crippen LogP contribution in [0.2, 0.25) is 0 Å². The number of ether oxygens (including phenoxy) is 1. The number of nitrogens with one attached hydrogen (secondary N) is 2. The maximum absolute atomic E-state index is 13.1. The molecule has 1 amide bonds. The van der Waals surface area contributed by atoms with Crippen molar-refractivity contribution in [1.29, 1.82) is 5.26 Å². The van der Waals surface area contributed by atoms with Crippen LogP contribution < -0.4 is 10.6 Å². The fraction of sp³-hybridized carbons (Fsp3) is 0.391. The zero-order chi connectivity index (χ0) is 21.0. The Kier molecular flexibility index (Phi) is 6.19. The minimum Gasteiger partial charge on any atom is -0.381 e. The van der Waals surface area contributed by atoms with E-state index in [1.165, 1.54) is 24.3 Å². The molecule has 0 aliphatic carbocycles. The van der Waals surface area contributed by atoms with Crippen molar-refractivity contribution in [1.82, 2.24) is 5.32 Å². The van der Waals surface area contributed by atoms with Gasteiger partial charge in [-0.05, 0) is 55.8 Å². The van der Waals surface area contributed by atoms with Crippen molar-refractivity contribution in [2.45, 2.75) is 39.3 Å². The van der Waals surface area contributed by atoms with Crippen LogP contribution in [0.3, 0.4) is 0 Å². The van der Waals surface area contributed by atoms with E-state index in [9.17, 15) is 14.4 Å². The van der Waals surface area contributed by atoms with Gasteiger partial charge < -0.3 is 15.4 Å². The topological polar surface area (TPSA) is 74.2 Å². The average Bonchev–Trinajstić information content (AvgIpc) is 2.72. The third-order valence-electron chi connectivity index (χ3n) is 5.43. The summed E-state index contributed by atoms with van der Waals surface area (Å²) in [5, 5.41) is 15.7. The van der Waals surface area contributed by atoms with Crippen molar-refractivity contribution in [3.63, 3.8) is 0 Å². The van der Waals surface area contributed by atoms with Gasteiger partial charge in [-0.2, -0.15) is 5.26 Å². The Bertz CT molecular complexity index is 919. The lowest BCUT2D eigenvalue weighted by Crippen LogP contribution is -2.47.